The van der Waals surface area contributed by atoms with Crippen molar-refractivity contribution in [2.45, 2.75) is 13.0 Å². The fourth-order valence-corrected chi connectivity index (χ4v) is 1.28. The summed E-state index contributed by atoms with van der Waals surface area (Å²) >= 11 is 2.08. The predicted octanol–water partition coefficient (Wildman–Crippen LogP) is 0.244. The molecule has 1 atom stereocenters. The molecule has 76 valence electrons. The van der Waals surface area contributed by atoms with Crippen LogP contribution in [0.4, 0.5) is 4.79 Å². The van der Waals surface area contributed by atoms with Crippen LogP contribution in [0.3, 0.4) is 0 Å². The van der Waals surface area contributed by atoms with Gasteiger partial charge in [0.05, 0.1) is 9.77 Å². The van der Waals surface area contributed by atoms with Gasteiger partial charge in [-0.25, -0.2) is 4.79 Å². The Hall–Kier alpha value is -1.12. The summed E-state index contributed by atoms with van der Waals surface area (Å²) in [5, 5.41) is 5.93. The highest BCUT2D eigenvalue weighted by molar-refractivity contribution is 14.1. The summed E-state index contributed by atoms with van der Waals surface area (Å²) in [6.45, 7) is 1.63. The third-order valence-electron chi connectivity index (χ3n) is 1.59. The molecule has 1 unspecified atom stereocenters. The molecule has 1 aromatic heterocycles. The molecule has 0 bridgehead atoms. The topological polar surface area (TPSA) is 90.0 Å². The number of aromatic nitrogens is 2. The molecule has 6 nitrogen and oxygen atoms in total. The summed E-state index contributed by atoms with van der Waals surface area (Å²) < 4.78 is 2.38. The molecule has 3 amide bonds. The van der Waals surface area contributed by atoms with Gasteiger partial charge in [0.25, 0.3) is 5.91 Å². The van der Waals surface area contributed by atoms with E-state index in [1.807, 2.05) is 5.32 Å². The van der Waals surface area contributed by atoms with Crippen molar-refractivity contribution < 1.29 is 9.59 Å². The number of halogens is 1. The summed E-state index contributed by atoms with van der Waals surface area (Å²) in [6.07, 6.45) is 3.32. The van der Waals surface area contributed by atoms with Crippen LogP contribution < -0.4 is 11.1 Å². The molecule has 1 heterocycles. The van der Waals surface area contributed by atoms with E-state index >= 15 is 0 Å². The first kappa shape index (κ1) is 11.0. The van der Waals surface area contributed by atoms with Crippen molar-refractivity contribution in [2.75, 3.05) is 0 Å². The monoisotopic (exact) mass is 308 g/mol. The Morgan fingerprint density at radius 3 is 2.79 bits per heavy atom. The Morgan fingerprint density at radius 1 is 1.71 bits per heavy atom. The highest BCUT2D eigenvalue weighted by Crippen LogP contribution is 2.08. The Labute approximate surface area is 94.0 Å². The van der Waals surface area contributed by atoms with Gasteiger partial charge < -0.3 is 5.73 Å². The van der Waals surface area contributed by atoms with Crippen molar-refractivity contribution in [3.05, 3.63) is 16.0 Å². The number of nitrogens with one attached hydrogen (secondary N) is 1. The van der Waals surface area contributed by atoms with Crippen molar-refractivity contribution >= 4 is 34.5 Å². The molecule has 1 aromatic rings. The van der Waals surface area contributed by atoms with Gasteiger partial charge in [0.1, 0.15) is 6.04 Å². The molecule has 0 saturated carbocycles. The lowest BCUT2D eigenvalue weighted by Crippen LogP contribution is -2.39. The summed E-state index contributed by atoms with van der Waals surface area (Å²) in [5.74, 6) is -0.475. The zero-order valence-corrected chi connectivity index (χ0v) is 9.56. The fourth-order valence-electron chi connectivity index (χ4n) is 0.873. The smallest absolute Gasteiger partial charge is 0.318 e. The molecule has 0 aromatic carbocycles. The van der Waals surface area contributed by atoms with Gasteiger partial charge in [-0.2, -0.15) is 5.10 Å². The number of hydrogen-bond acceptors (Lipinski definition) is 3. The van der Waals surface area contributed by atoms with Crippen LogP contribution >= 0.6 is 22.6 Å². The number of carbonyl (C=O) groups excluding carboxylic acids is 2. The maximum Gasteiger partial charge on any atom is 0.318 e. The standard InChI is InChI=1S/C7H9IN4O2/c1-4(6(13)11-7(9)14)12-3-5(8)2-10-12/h2-4H,1H3,(H3,9,11,13,14). The van der Waals surface area contributed by atoms with Crippen LogP contribution in [0.15, 0.2) is 12.4 Å². The summed E-state index contributed by atoms with van der Waals surface area (Å²) in [4.78, 5) is 21.7. The van der Waals surface area contributed by atoms with Gasteiger partial charge in [0, 0.05) is 6.20 Å². The second-order valence-corrected chi connectivity index (χ2v) is 3.91. The lowest BCUT2D eigenvalue weighted by atomic mass is 10.3. The first-order chi connectivity index (χ1) is 6.50. The normalized spacial score (nSPS) is 12.1. The summed E-state index contributed by atoms with van der Waals surface area (Å²) in [5.41, 5.74) is 4.81. The number of primary amides is 1. The van der Waals surface area contributed by atoms with Gasteiger partial charge >= 0.3 is 6.03 Å². The largest absolute Gasteiger partial charge is 0.351 e. The van der Waals surface area contributed by atoms with Crippen molar-refractivity contribution in [1.29, 1.82) is 0 Å². The molecule has 3 N–H and O–H groups in total. The van der Waals surface area contributed by atoms with Gasteiger partial charge in [0.2, 0.25) is 0 Å². The van der Waals surface area contributed by atoms with Gasteiger partial charge in [0.15, 0.2) is 0 Å². The number of amides is 3. The number of nitrogens with two attached hydrogens (primary N) is 1. The first-order valence-electron chi connectivity index (χ1n) is 3.80. The van der Waals surface area contributed by atoms with Gasteiger partial charge in [-0.05, 0) is 29.5 Å². The fraction of sp³-hybridized carbons (Fsp3) is 0.286. The van der Waals surface area contributed by atoms with Crippen molar-refractivity contribution in [3.8, 4) is 0 Å². The SMILES string of the molecule is CC(C(=O)NC(N)=O)n1cc(I)cn1. The minimum atomic E-state index is -0.858. The molecule has 0 aliphatic heterocycles. The van der Waals surface area contributed by atoms with Gasteiger partial charge in [-0.15, -0.1) is 0 Å². The van der Waals surface area contributed by atoms with E-state index in [1.165, 1.54) is 4.68 Å². The number of nitrogens with zero attached hydrogens (tertiary/aromatic N) is 2. The Morgan fingerprint density at radius 2 is 2.36 bits per heavy atom. The van der Waals surface area contributed by atoms with E-state index in [1.54, 1.807) is 19.3 Å². The minimum Gasteiger partial charge on any atom is -0.351 e. The van der Waals surface area contributed by atoms with Crippen LogP contribution in [-0.2, 0) is 4.79 Å². The molecule has 0 saturated heterocycles. The number of rotatable bonds is 2. The number of carbonyl (C=O) groups is 2. The second kappa shape index (κ2) is 4.40. The molecule has 0 spiro atoms. The summed E-state index contributed by atoms with van der Waals surface area (Å²) in [7, 11) is 0. The zero-order valence-electron chi connectivity index (χ0n) is 7.40. The molecule has 0 aliphatic rings. The molecule has 14 heavy (non-hydrogen) atoms. The van der Waals surface area contributed by atoms with E-state index in [0.717, 1.165) is 3.57 Å². The quantitative estimate of drug-likeness (QED) is 0.767. The van der Waals surface area contributed by atoms with Gasteiger partial charge in [-0.3, -0.25) is 14.8 Å². The third-order valence-corrected chi connectivity index (χ3v) is 2.15. The van der Waals surface area contributed by atoms with Crippen molar-refractivity contribution in [2.24, 2.45) is 5.73 Å². The highest BCUT2D eigenvalue weighted by atomic mass is 127. The summed E-state index contributed by atoms with van der Waals surface area (Å²) in [6, 6.07) is -1.41. The predicted molar refractivity (Wildman–Crippen MR) is 57.4 cm³/mol. The lowest BCUT2D eigenvalue weighted by Gasteiger charge is -2.09. The molecule has 0 aliphatic carbocycles. The average Bonchev–Trinajstić information content (AvgIpc) is 2.49. The van der Waals surface area contributed by atoms with E-state index < -0.39 is 18.0 Å². The average molecular weight is 308 g/mol. The van der Waals surface area contributed by atoms with Crippen molar-refractivity contribution in [3.63, 3.8) is 0 Å². The number of hydrogen-bond donors (Lipinski definition) is 2. The number of imide groups is 1. The van der Waals surface area contributed by atoms with E-state index in [2.05, 4.69) is 27.7 Å². The van der Waals surface area contributed by atoms with E-state index in [-0.39, 0.29) is 0 Å². The number of urea groups is 1. The van der Waals surface area contributed by atoms with E-state index in [0.29, 0.717) is 0 Å². The van der Waals surface area contributed by atoms with Crippen LogP contribution in [0.25, 0.3) is 0 Å². The Balaban J connectivity index is 2.70. The maximum atomic E-state index is 11.3. The van der Waals surface area contributed by atoms with Crippen LogP contribution in [0, 0.1) is 3.57 Å². The molecular formula is C7H9IN4O2. The zero-order chi connectivity index (χ0) is 10.7. The van der Waals surface area contributed by atoms with Gasteiger partial charge in [-0.1, -0.05) is 0 Å². The highest BCUT2D eigenvalue weighted by Gasteiger charge is 2.16. The first-order valence-corrected chi connectivity index (χ1v) is 4.88. The molecule has 0 radical (unpaired) electrons. The maximum absolute atomic E-state index is 11.3. The lowest BCUT2D eigenvalue weighted by molar-refractivity contribution is -0.122. The van der Waals surface area contributed by atoms with E-state index in [4.69, 9.17) is 5.73 Å². The minimum absolute atomic E-state index is 0.475. The van der Waals surface area contributed by atoms with Crippen LogP contribution in [0.1, 0.15) is 13.0 Å². The third kappa shape index (κ3) is 2.69. The Kier molecular flexibility index (Phi) is 3.44. The van der Waals surface area contributed by atoms with Crippen LogP contribution in [-0.4, -0.2) is 21.7 Å². The van der Waals surface area contributed by atoms with Crippen molar-refractivity contribution in [1.82, 2.24) is 15.1 Å². The molecule has 1 rings (SSSR count). The van der Waals surface area contributed by atoms with Crippen LogP contribution in [0.5, 0.6) is 0 Å². The Bertz CT molecular complexity index is 362. The van der Waals surface area contributed by atoms with Crippen LogP contribution in [0.2, 0.25) is 0 Å². The molecular weight excluding hydrogens is 299 g/mol. The second-order valence-electron chi connectivity index (χ2n) is 2.67. The molecule has 7 heteroatoms. The molecule has 0 fully saturated rings. The van der Waals surface area contributed by atoms with E-state index in [9.17, 15) is 9.59 Å².